The molecule has 2 atom stereocenters. The van der Waals surface area contributed by atoms with Crippen LogP contribution in [0.3, 0.4) is 0 Å². The number of nitrogens with zero attached hydrogens (tertiary/aromatic N) is 1. The van der Waals surface area contributed by atoms with E-state index in [0.29, 0.717) is 0 Å². The molecular formula is C9H15ArNO5. The molecule has 0 fully saturated rings. The number of carbonyl (C=O) groups excluding carboxylic acids is 1. The summed E-state index contributed by atoms with van der Waals surface area (Å²) in [6.45, 7) is 5.08. The molecule has 0 aromatic heterocycles. The smallest absolute Gasteiger partial charge is 0.332 e. The number of ether oxygens (including phenoxy) is 1. The maximum Gasteiger partial charge on any atom is 0.332 e. The zero-order valence-corrected chi connectivity index (χ0v) is 9.99. The second-order valence-electron chi connectivity index (χ2n) is 3.99. The van der Waals surface area contributed by atoms with Crippen LogP contribution in [0.4, 0.5) is 0 Å². The van der Waals surface area contributed by atoms with Gasteiger partial charge in [0.15, 0.2) is 6.04 Å². The van der Waals surface area contributed by atoms with E-state index < -0.39 is 23.7 Å². The third-order valence-corrected chi connectivity index (χ3v) is 1.50. The van der Waals surface area contributed by atoms with Crippen molar-refractivity contribution < 1.29 is 62.3 Å². The Hall–Kier alpha value is 0.0297. The SMILES string of the molecule is CC(C)(C)OCC(O)C(N=C=O)C(=O)O.[Ar]. The zero-order valence-electron chi connectivity index (χ0n) is 9.28. The molecule has 0 bridgehead atoms. The van der Waals surface area contributed by atoms with Crippen molar-refractivity contribution in [3.05, 3.63) is 0 Å². The molecule has 2 unspecified atom stereocenters. The number of aliphatic imine (C=N–C) groups is 1. The van der Waals surface area contributed by atoms with Gasteiger partial charge in [-0.2, -0.15) is 4.99 Å². The normalized spacial score (nSPS) is 14.2. The molecule has 0 rings (SSSR count). The van der Waals surface area contributed by atoms with Gasteiger partial charge in [-0.1, -0.05) is 0 Å². The minimum Gasteiger partial charge on any atom is -0.480 e. The van der Waals surface area contributed by atoms with Crippen LogP contribution in [0.5, 0.6) is 0 Å². The number of isocyanates is 1. The van der Waals surface area contributed by atoms with E-state index in [1.165, 1.54) is 0 Å². The first-order valence-electron chi connectivity index (χ1n) is 4.39. The molecule has 7 heteroatoms. The van der Waals surface area contributed by atoms with Crippen molar-refractivity contribution in [1.29, 1.82) is 0 Å². The van der Waals surface area contributed by atoms with Gasteiger partial charge >= 0.3 is 5.97 Å². The fourth-order valence-electron chi connectivity index (χ4n) is 0.789. The van der Waals surface area contributed by atoms with Crippen molar-refractivity contribution in [3.8, 4) is 0 Å². The molecule has 0 aromatic rings. The number of hydrogen-bond donors (Lipinski definition) is 2. The Labute approximate surface area is 124 Å². The third kappa shape index (κ3) is 8.21. The van der Waals surface area contributed by atoms with Gasteiger partial charge in [-0.05, 0) is 20.8 Å². The van der Waals surface area contributed by atoms with Crippen molar-refractivity contribution in [3.63, 3.8) is 0 Å². The van der Waals surface area contributed by atoms with Crippen molar-refractivity contribution in [2.75, 3.05) is 6.61 Å². The fourth-order valence-corrected chi connectivity index (χ4v) is 0.789. The van der Waals surface area contributed by atoms with Crippen LogP contribution in [-0.4, -0.2) is 46.6 Å². The van der Waals surface area contributed by atoms with Crippen LogP contribution >= 0.6 is 0 Å². The van der Waals surface area contributed by atoms with E-state index in [-0.39, 0.29) is 44.3 Å². The molecule has 0 aliphatic rings. The number of hydrogen-bond acceptors (Lipinski definition) is 5. The molecular weight excluding hydrogens is 242 g/mol. The number of aliphatic hydroxyl groups excluding tert-OH is 1. The topological polar surface area (TPSA) is 96.2 Å². The summed E-state index contributed by atoms with van der Waals surface area (Å²) in [6, 6.07) is -1.52. The second-order valence-corrected chi connectivity index (χ2v) is 3.99. The number of carboxylic acids is 1. The van der Waals surface area contributed by atoms with E-state index in [4.69, 9.17) is 9.84 Å². The predicted octanol–water partition coefficient (Wildman–Crippen LogP) is -0.0486. The largest absolute Gasteiger partial charge is 0.480 e. The summed E-state index contributed by atoms with van der Waals surface area (Å²) in [6.07, 6.45) is -0.252. The maximum absolute atomic E-state index is 10.6. The Balaban J connectivity index is 0. The van der Waals surface area contributed by atoms with Gasteiger partial charge in [0, 0.05) is 37.7 Å². The van der Waals surface area contributed by atoms with Crippen molar-refractivity contribution in [2.45, 2.75) is 38.5 Å². The molecule has 0 aromatic carbocycles. The van der Waals surface area contributed by atoms with Gasteiger partial charge in [-0.25, -0.2) is 9.59 Å². The average Bonchev–Trinajstić information content (AvgIpc) is 2.08. The van der Waals surface area contributed by atoms with Gasteiger partial charge in [-0.3, -0.25) is 0 Å². The molecule has 6 nitrogen and oxygen atoms in total. The number of aliphatic carboxylic acids is 1. The fraction of sp³-hybridized carbons (Fsp3) is 0.778. The molecule has 0 heterocycles. The Kier molecular flexibility index (Phi) is 9.39. The summed E-state index contributed by atoms with van der Waals surface area (Å²) in [5.74, 6) is -1.39. The first-order valence-corrected chi connectivity index (χ1v) is 4.39. The van der Waals surface area contributed by atoms with Crippen LogP contribution in [0.1, 0.15) is 20.8 Å². The van der Waals surface area contributed by atoms with Gasteiger partial charge in [0.25, 0.3) is 0 Å². The Morgan fingerprint density at radius 1 is 1.50 bits per heavy atom. The zero-order chi connectivity index (χ0) is 12.1. The molecule has 0 saturated heterocycles. The minimum atomic E-state index is -1.52. The minimum absolute atomic E-state index is 0. The third-order valence-electron chi connectivity index (χ3n) is 1.50. The van der Waals surface area contributed by atoms with Crippen molar-refractivity contribution in [2.24, 2.45) is 4.99 Å². The van der Waals surface area contributed by atoms with E-state index in [9.17, 15) is 14.7 Å². The van der Waals surface area contributed by atoms with Crippen molar-refractivity contribution >= 4 is 12.0 Å². The first-order chi connectivity index (χ1) is 6.78. The Bertz CT molecular complexity index is 268. The van der Waals surface area contributed by atoms with E-state index >= 15 is 0 Å². The van der Waals surface area contributed by atoms with Gasteiger partial charge < -0.3 is 14.9 Å². The van der Waals surface area contributed by atoms with E-state index in [1.807, 2.05) is 0 Å². The summed E-state index contributed by atoms with van der Waals surface area (Å²) in [5.41, 5.74) is -0.491. The van der Waals surface area contributed by atoms with Gasteiger partial charge in [0.2, 0.25) is 6.08 Å². The maximum atomic E-state index is 10.6. The number of aliphatic hydroxyl groups is 1. The summed E-state index contributed by atoms with van der Waals surface area (Å²) < 4.78 is 5.17. The molecule has 0 aliphatic heterocycles. The van der Waals surface area contributed by atoms with Crippen LogP contribution in [0.15, 0.2) is 4.99 Å². The van der Waals surface area contributed by atoms with Crippen molar-refractivity contribution in [1.82, 2.24) is 0 Å². The monoisotopic (exact) mass is 257 g/mol. The summed E-state index contributed by atoms with van der Waals surface area (Å²) in [5, 5.41) is 18.0. The summed E-state index contributed by atoms with van der Waals surface area (Å²) in [4.78, 5) is 23.5. The second kappa shape index (κ2) is 8.17. The molecule has 16 heavy (non-hydrogen) atoms. The van der Waals surface area contributed by atoms with E-state index in [2.05, 4.69) is 4.99 Å². The Morgan fingerprint density at radius 3 is 2.31 bits per heavy atom. The standard InChI is InChI=1S/C9H15NO5.Ar/c1-9(2,3)15-4-6(12)7(8(13)14)10-5-11;/h6-7,12H,4H2,1-3H3,(H,13,14);. The molecule has 2 N–H and O–H groups in total. The van der Waals surface area contributed by atoms with Gasteiger partial charge in [0.1, 0.15) is 6.10 Å². The number of carbonyl (C=O) groups is 1. The molecule has 0 spiro atoms. The van der Waals surface area contributed by atoms with Gasteiger partial charge in [-0.15, -0.1) is 0 Å². The van der Waals surface area contributed by atoms with Crippen LogP contribution in [-0.2, 0) is 14.3 Å². The molecule has 0 radical (unpaired) electrons. The summed E-state index contributed by atoms with van der Waals surface area (Å²) in [7, 11) is 0. The van der Waals surface area contributed by atoms with E-state index in [1.54, 1.807) is 20.8 Å². The van der Waals surface area contributed by atoms with E-state index in [0.717, 1.165) is 6.08 Å². The number of rotatable bonds is 5. The molecule has 94 valence electrons. The van der Waals surface area contributed by atoms with Crippen LogP contribution < -0.4 is 0 Å². The van der Waals surface area contributed by atoms with Crippen LogP contribution in [0, 0.1) is 37.7 Å². The predicted molar refractivity (Wildman–Crippen MR) is 51.3 cm³/mol. The molecule has 0 saturated carbocycles. The molecule has 0 amide bonds. The average molecular weight is 257 g/mol. The number of carboxylic acid groups (broad SMARTS) is 1. The van der Waals surface area contributed by atoms with Crippen LogP contribution in [0.25, 0.3) is 0 Å². The van der Waals surface area contributed by atoms with Crippen LogP contribution in [0.2, 0.25) is 0 Å². The Morgan fingerprint density at radius 2 is 2.00 bits per heavy atom. The first kappa shape index (κ1) is 18.4. The summed E-state index contributed by atoms with van der Waals surface area (Å²) >= 11 is 0. The van der Waals surface area contributed by atoms with Gasteiger partial charge in [0.05, 0.1) is 12.2 Å². The molecule has 0 aliphatic carbocycles. The quantitative estimate of drug-likeness (QED) is 0.531.